The molecule has 0 aromatic heterocycles. The van der Waals surface area contributed by atoms with E-state index in [4.69, 9.17) is 10.9 Å². The third-order valence-corrected chi connectivity index (χ3v) is 2.24. The molecule has 88 valence electrons. The molecule has 0 heterocycles. The minimum Gasteiger partial charge on any atom is -0.409 e. The summed E-state index contributed by atoms with van der Waals surface area (Å²) in [5, 5.41) is 14.4. The van der Waals surface area contributed by atoms with Crippen molar-refractivity contribution < 1.29 is 9.60 Å². The predicted octanol–water partition coefficient (Wildman–Crippen LogP) is 2.07. The molecular weight excluding hydrogens is 209 g/mol. The number of anilines is 1. The van der Waals surface area contributed by atoms with Gasteiger partial charge in [-0.15, -0.1) is 0 Å². The fraction of sp³-hybridized carbons (Fsp3) is 0.364. The number of hydrogen-bond acceptors (Lipinski definition) is 3. The zero-order valence-corrected chi connectivity index (χ0v) is 9.20. The van der Waals surface area contributed by atoms with Crippen LogP contribution in [0.1, 0.15) is 18.4 Å². The lowest BCUT2D eigenvalue weighted by molar-refractivity contribution is 0.316. The summed E-state index contributed by atoms with van der Waals surface area (Å²) in [7, 11) is 0. The molecule has 4 nitrogen and oxygen atoms in total. The molecule has 0 unspecified atom stereocenters. The first kappa shape index (κ1) is 12.3. The van der Waals surface area contributed by atoms with Gasteiger partial charge in [0, 0.05) is 18.7 Å². The lowest BCUT2D eigenvalue weighted by atomic mass is 10.2. The van der Waals surface area contributed by atoms with Gasteiger partial charge in [0.1, 0.15) is 11.7 Å². The molecule has 4 N–H and O–H groups in total. The second-order valence-electron chi connectivity index (χ2n) is 3.58. The van der Waals surface area contributed by atoms with Crippen molar-refractivity contribution in [2.45, 2.75) is 19.8 Å². The molecule has 0 bridgehead atoms. The Morgan fingerprint density at radius 2 is 2.31 bits per heavy atom. The van der Waals surface area contributed by atoms with Gasteiger partial charge in [-0.1, -0.05) is 5.16 Å². The smallest absolute Gasteiger partial charge is 0.139 e. The zero-order valence-electron chi connectivity index (χ0n) is 9.20. The molecule has 0 fully saturated rings. The molecule has 1 aromatic carbocycles. The fourth-order valence-corrected chi connectivity index (χ4v) is 1.37. The highest BCUT2D eigenvalue weighted by Crippen LogP contribution is 2.15. The first-order valence-electron chi connectivity index (χ1n) is 5.10. The van der Waals surface area contributed by atoms with Gasteiger partial charge in [-0.2, -0.15) is 0 Å². The Balaban J connectivity index is 2.37. The first-order valence-corrected chi connectivity index (χ1v) is 5.10. The van der Waals surface area contributed by atoms with E-state index in [0.29, 0.717) is 13.0 Å². The first-order chi connectivity index (χ1) is 7.63. The molecule has 1 aromatic rings. The monoisotopic (exact) mass is 225 g/mol. The minimum absolute atomic E-state index is 0.220. The van der Waals surface area contributed by atoms with Gasteiger partial charge in [0.25, 0.3) is 0 Å². The van der Waals surface area contributed by atoms with E-state index in [0.717, 1.165) is 17.7 Å². The van der Waals surface area contributed by atoms with Crippen molar-refractivity contribution in [3.63, 3.8) is 0 Å². The number of nitrogens with zero attached hydrogens (tertiary/aromatic N) is 1. The number of rotatable bonds is 5. The van der Waals surface area contributed by atoms with Crippen molar-refractivity contribution in [2.75, 3.05) is 11.9 Å². The lowest BCUT2D eigenvalue weighted by Gasteiger charge is -2.08. The maximum atomic E-state index is 12.8. The predicted molar refractivity (Wildman–Crippen MR) is 62.3 cm³/mol. The summed E-state index contributed by atoms with van der Waals surface area (Å²) in [6, 6.07) is 4.60. The topological polar surface area (TPSA) is 70.6 Å². The van der Waals surface area contributed by atoms with Gasteiger partial charge in [0.2, 0.25) is 0 Å². The SMILES string of the molecule is Cc1cc(F)ccc1NCCCC(N)=NO. The summed E-state index contributed by atoms with van der Waals surface area (Å²) in [5.41, 5.74) is 7.09. The number of hydrogen-bond donors (Lipinski definition) is 3. The average Bonchev–Trinajstić information content (AvgIpc) is 2.26. The Kier molecular flexibility index (Phi) is 4.57. The molecule has 0 spiro atoms. The van der Waals surface area contributed by atoms with Crippen molar-refractivity contribution in [3.05, 3.63) is 29.6 Å². The van der Waals surface area contributed by atoms with E-state index in [1.54, 1.807) is 6.07 Å². The maximum Gasteiger partial charge on any atom is 0.139 e. The van der Waals surface area contributed by atoms with Crippen LogP contribution >= 0.6 is 0 Å². The Hall–Kier alpha value is -1.78. The lowest BCUT2D eigenvalue weighted by Crippen LogP contribution is -2.13. The number of aryl methyl sites for hydroxylation is 1. The highest BCUT2D eigenvalue weighted by Gasteiger charge is 1.99. The molecule has 0 aliphatic heterocycles. The molecule has 16 heavy (non-hydrogen) atoms. The van der Waals surface area contributed by atoms with E-state index in [9.17, 15) is 4.39 Å². The van der Waals surface area contributed by atoms with Crippen LogP contribution in [-0.2, 0) is 0 Å². The van der Waals surface area contributed by atoms with Gasteiger partial charge in [0.05, 0.1) is 0 Å². The van der Waals surface area contributed by atoms with Crippen LogP contribution in [0.5, 0.6) is 0 Å². The van der Waals surface area contributed by atoms with Crippen LogP contribution in [-0.4, -0.2) is 17.6 Å². The highest BCUT2D eigenvalue weighted by atomic mass is 19.1. The van der Waals surface area contributed by atoms with Crippen molar-refractivity contribution in [1.29, 1.82) is 0 Å². The Labute approximate surface area is 94.0 Å². The van der Waals surface area contributed by atoms with E-state index in [2.05, 4.69) is 10.5 Å². The molecule has 5 heteroatoms. The molecular formula is C11H16FN3O. The van der Waals surface area contributed by atoms with Crippen molar-refractivity contribution in [3.8, 4) is 0 Å². The van der Waals surface area contributed by atoms with Crippen LogP contribution in [0.15, 0.2) is 23.4 Å². The summed E-state index contributed by atoms with van der Waals surface area (Å²) in [4.78, 5) is 0. The van der Waals surface area contributed by atoms with Gasteiger partial charge in [-0.3, -0.25) is 0 Å². The highest BCUT2D eigenvalue weighted by molar-refractivity contribution is 5.79. The standard InChI is InChI=1S/C11H16FN3O/c1-8-7-9(12)4-5-10(8)14-6-2-3-11(13)15-16/h4-5,7,14,16H,2-3,6H2,1H3,(H2,13,15). The molecule has 0 aliphatic carbocycles. The Morgan fingerprint density at radius 1 is 1.56 bits per heavy atom. The number of nitrogens with two attached hydrogens (primary N) is 1. The largest absolute Gasteiger partial charge is 0.409 e. The van der Waals surface area contributed by atoms with Crippen LogP contribution in [0.25, 0.3) is 0 Å². The normalized spacial score (nSPS) is 11.5. The van der Waals surface area contributed by atoms with Gasteiger partial charge in [-0.05, 0) is 37.1 Å². The number of nitrogens with one attached hydrogen (secondary N) is 1. The Morgan fingerprint density at radius 3 is 2.94 bits per heavy atom. The zero-order chi connectivity index (χ0) is 12.0. The number of halogens is 1. The van der Waals surface area contributed by atoms with Crippen LogP contribution in [0.2, 0.25) is 0 Å². The van der Waals surface area contributed by atoms with Crippen LogP contribution in [0.4, 0.5) is 10.1 Å². The minimum atomic E-state index is -0.236. The molecule has 0 radical (unpaired) electrons. The van der Waals surface area contributed by atoms with Crippen molar-refractivity contribution >= 4 is 11.5 Å². The quantitative estimate of drug-likeness (QED) is 0.236. The number of amidine groups is 1. The second-order valence-corrected chi connectivity index (χ2v) is 3.58. The molecule has 0 saturated heterocycles. The van der Waals surface area contributed by atoms with Crippen molar-refractivity contribution in [2.24, 2.45) is 10.9 Å². The fourth-order valence-electron chi connectivity index (χ4n) is 1.37. The molecule has 0 saturated carbocycles. The van der Waals surface area contributed by atoms with E-state index >= 15 is 0 Å². The second kappa shape index (κ2) is 5.95. The average molecular weight is 225 g/mol. The van der Waals surface area contributed by atoms with Gasteiger partial charge >= 0.3 is 0 Å². The third-order valence-electron chi connectivity index (χ3n) is 2.24. The molecule has 0 amide bonds. The maximum absolute atomic E-state index is 12.8. The van der Waals surface area contributed by atoms with Gasteiger partial charge < -0.3 is 16.3 Å². The third kappa shape index (κ3) is 3.76. The Bertz CT molecular complexity index is 379. The number of oxime groups is 1. The summed E-state index contributed by atoms with van der Waals surface area (Å²) in [6.07, 6.45) is 1.29. The van der Waals surface area contributed by atoms with E-state index in [1.807, 2.05) is 6.92 Å². The molecule has 1 rings (SSSR count). The van der Waals surface area contributed by atoms with Crippen molar-refractivity contribution in [1.82, 2.24) is 0 Å². The van der Waals surface area contributed by atoms with E-state index < -0.39 is 0 Å². The summed E-state index contributed by atoms with van der Waals surface area (Å²) < 4.78 is 12.8. The summed E-state index contributed by atoms with van der Waals surface area (Å²) in [6.45, 7) is 2.54. The van der Waals surface area contributed by atoms with E-state index in [1.165, 1.54) is 12.1 Å². The molecule has 0 aliphatic rings. The molecule has 0 atom stereocenters. The number of benzene rings is 1. The van der Waals surface area contributed by atoms with E-state index in [-0.39, 0.29) is 11.7 Å². The van der Waals surface area contributed by atoms with Crippen LogP contribution < -0.4 is 11.1 Å². The van der Waals surface area contributed by atoms with Gasteiger partial charge in [0.15, 0.2) is 0 Å². The van der Waals surface area contributed by atoms with Crippen LogP contribution in [0, 0.1) is 12.7 Å². The van der Waals surface area contributed by atoms with Gasteiger partial charge in [-0.25, -0.2) is 4.39 Å². The summed E-state index contributed by atoms with van der Waals surface area (Å²) >= 11 is 0. The summed E-state index contributed by atoms with van der Waals surface area (Å²) in [5.74, 6) is -0.0164. The van der Waals surface area contributed by atoms with Crippen LogP contribution in [0.3, 0.4) is 0 Å².